The van der Waals surface area contributed by atoms with Gasteiger partial charge in [0.15, 0.2) is 0 Å². The zero-order valence-corrected chi connectivity index (χ0v) is 18.0. The van der Waals surface area contributed by atoms with E-state index in [1.807, 2.05) is 12.1 Å². The number of rotatable bonds is 4. The van der Waals surface area contributed by atoms with Gasteiger partial charge in [-0.15, -0.1) is 0 Å². The molecular weight excluding hydrogens is 442 g/mol. The number of piperazine rings is 1. The van der Waals surface area contributed by atoms with E-state index in [1.165, 1.54) is 18.2 Å². The highest BCUT2D eigenvalue weighted by atomic mass is 35.5. The highest BCUT2D eigenvalue weighted by molar-refractivity contribution is 6.43. The number of aromatic nitrogens is 2. The molecule has 0 atom stereocenters. The molecule has 6 nitrogen and oxygen atoms in total. The third-order valence-corrected chi connectivity index (χ3v) is 6.00. The number of benzene rings is 2. The van der Waals surface area contributed by atoms with E-state index < -0.39 is 0 Å². The Kier molecular flexibility index (Phi) is 6.25. The highest BCUT2D eigenvalue weighted by Crippen LogP contribution is 2.32. The van der Waals surface area contributed by atoms with Crippen LogP contribution in [0.5, 0.6) is 0 Å². The SMILES string of the molecule is O=C(Cn1nc(-c2ccc(F)cc2)ccc1=O)N1CCN(c2cccc(Cl)c2Cl)CC1. The van der Waals surface area contributed by atoms with Crippen molar-refractivity contribution in [1.82, 2.24) is 14.7 Å². The predicted octanol–water partition coefficient (Wildman–Crippen LogP) is 3.71. The van der Waals surface area contributed by atoms with E-state index in [9.17, 15) is 14.0 Å². The van der Waals surface area contributed by atoms with Crippen LogP contribution < -0.4 is 10.5 Å². The van der Waals surface area contributed by atoms with Crippen molar-refractivity contribution >= 4 is 34.8 Å². The van der Waals surface area contributed by atoms with Gasteiger partial charge in [-0.05, 0) is 42.5 Å². The molecule has 9 heteroatoms. The van der Waals surface area contributed by atoms with Crippen molar-refractivity contribution in [1.29, 1.82) is 0 Å². The molecule has 1 saturated heterocycles. The van der Waals surface area contributed by atoms with E-state index in [1.54, 1.807) is 29.2 Å². The minimum Gasteiger partial charge on any atom is -0.367 e. The number of carbonyl (C=O) groups excluding carboxylic acids is 1. The third-order valence-electron chi connectivity index (χ3n) is 5.20. The van der Waals surface area contributed by atoms with Gasteiger partial charge in [-0.1, -0.05) is 29.3 Å². The largest absolute Gasteiger partial charge is 0.367 e. The van der Waals surface area contributed by atoms with Crippen LogP contribution in [0.25, 0.3) is 11.3 Å². The standard InChI is InChI=1S/C22H19Cl2FN4O2/c23-17-2-1-3-19(22(17)24)27-10-12-28(13-11-27)21(31)14-29-20(30)9-8-18(26-29)15-4-6-16(25)7-5-15/h1-9H,10-14H2. The first-order valence-corrected chi connectivity index (χ1v) is 10.5. The molecule has 4 rings (SSSR count). The fraction of sp³-hybridized carbons (Fsp3) is 0.227. The fourth-order valence-corrected chi connectivity index (χ4v) is 3.91. The number of carbonyl (C=O) groups is 1. The maximum absolute atomic E-state index is 13.2. The highest BCUT2D eigenvalue weighted by Gasteiger charge is 2.23. The minimum atomic E-state index is -0.372. The summed E-state index contributed by atoms with van der Waals surface area (Å²) in [5.74, 6) is -0.548. The smallest absolute Gasteiger partial charge is 0.267 e. The van der Waals surface area contributed by atoms with Crippen LogP contribution in [0.1, 0.15) is 0 Å². The van der Waals surface area contributed by atoms with Crippen LogP contribution in [0.15, 0.2) is 59.4 Å². The van der Waals surface area contributed by atoms with Crippen LogP contribution in [0.4, 0.5) is 10.1 Å². The second-order valence-corrected chi connectivity index (χ2v) is 7.95. The first kappa shape index (κ1) is 21.3. The molecule has 0 spiro atoms. The molecule has 160 valence electrons. The summed E-state index contributed by atoms with van der Waals surface area (Å²) in [5, 5.41) is 5.27. The molecule has 0 aliphatic carbocycles. The van der Waals surface area contributed by atoms with Crippen molar-refractivity contribution in [2.75, 3.05) is 31.1 Å². The van der Waals surface area contributed by atoms with Gasteiger partial charge in [0.25, 0.3) is 5.56 Å². The third kappa shape index (κ3) is 4.73. The van der Waals surface area contributed by atoms with Gasteiger partial charge < -0.3 is 9.80 Å². The Hall–Kier alpha value is -2.90. The number of anilines is 1. The lowest BCUT2D eigenvalue weighted by Gasteiger charge is -2.36. The van der Waals surface area contributed by atoms with Crippen molar-refractivity contribution in [2.45, 2.75) is 6.54 Å². The number of halogens is 3. The lowest BCUT2D eigenvalue weighted by Crippen LogP contribution is -2.50. The van der Waals surface area contributed by atoms with Gasteiger partial charge in [0.05, 0.1) is 21.4 Å². The van der Waals surface area contributed by atoms with E-state index in [2.05, 4.69) is 10.00 Å². The summed E-state index contributed by atoms with van der Waals surface area (Å²) in [5.41, 5.74) is 1.62. The van der Waals surface area contributed by atoms with Crippen LogP contribution >= 0.6 is 23.2 Å². The van der Waals surface area contributed by atoms with E-state index in [-0.39, 0.29) is 23.8 Å². The van der Waals surface area contributed by atoms with Crippen LogP contribution in [0.2, 0.25) is 10.0 Å². The van der Waals surface area contributed by atoms with Gasteiger partial charge in [0, 0.05) is 37.8 Å². The normalized spacial score (nSPS) is 14.0. The summed E-state index contributed by atoms with van der Waals surface area (Å²) in [6.07, 6.45) is 0. The molecule has 2 aromatic carbocycles. The van der Waals surface area contributed by atoms with Crippen LogP contribution in [0.3, 0.4) is 0 Å². The Morgan fingerprint density at radius 2 is 1.68 bits per heavy atom. The molecule has 1 amide bonds. The van der Waals surface area contributed by atoms with Gasteiger partial charge in [-0.25, -0.2) is 9.07 Å². The average Bonchev–Trinajstić information content (AvgIpc) is 2.78. The van der Waals surface area contributed by atoms with Gasteiger partial charge in [-0.3, -0.25) is 9.59 Å². The van der Waals surface area contributed by atoms with Crippen molar-refractivity contribution < 1.29 is 9.18 Å². The molecule has 1 aliphatic heterocycles. The Bertz CT molecular complexity index is 1160. The van der Waals surface area contributed by atoms with Gasteiger partial charge in [-0.2, -0.15) is 5.10 Å². The molecule has 2 heterocycles. The van der Waals surface area contributed by atoms with Crippen molar-refractivity contribution in [3.63, 3.8) is 0 Å². The summed E-state index contributed by atoms with van der Waals surface area (Å²) >= 11 is 12.4. The quantitative estimate of drug-likeness (QED) is 0.595. The first-order chi connectivity index (χ1) is 14.9. The maximum atomic E-state index is 13.2. The van der Waals surface area contributed by atoms with Crippen molar-refractivity contribution in [3.05, 3.63) is 80.8 Å². The van der Waals surface area contributed by atoms with Gasteiger partial charge in [0.2, 0.25) is 5.91 Å². The van der Waals surface area contributed by atoms with E-state index in [0.29, 0.717) is 47.5 Å². The monoisotopic (exact) mass is 460 g/mol. The molecule has 0 radical (unpaired) electrons. The molecule has 3 aromatic rings. The predicted molar refractivity (Wildman–Crippen MR) is 119 cm³/mol. The summed E-state index contributed by atoms with van der Waals surface area (Å²) in [6, 6.07) is 14.2. The van der Waals surface area contributed by atoms with Gasteiger partial charge in [0.1, 0.15) is 12.4 Å². The molecule has 0 unspecified atom stereocenters. The molecule has 0 saturated carbocycles. The van der Waals surface area contributed by atoms with Crippen LogP contribution in [-0.2, 0) is 11.3 Å². The zero-order valence-electron chi connectivity index (χ0n) is 16.5. The maximum Gasteiger partial charge on any atom is 0.267 e. The Labute approximate surface area is 188 Å². The summed E-state index contributed by atoms with van der Waals surface area (Å²) < 4.78 is 14.3. The number of amides is 1. The average molecular weight is 461 g/mol. The van der Waals surface area contributed by atoms with Gasteiger partial charge >= 0.3 is 0 Å². The Balaban J connectivity index is 1.43. The fourth-order valence-electron chi connectivity index (χ4n) is 3.50. The number of hydrogen-bond donors (Lipinski definition) is 0. The summed E-state index contributed by atoms with van der Waals surface area (Å²) in [7, 11) is 0. The topological polar surface area (TPSA) is 58.4 Å². The molecule has 1 aromatic heterocycles. The van der Waals surface area contributed by atoms with Crippen LogP contribution in [-0.4, -0.2) is 46.8 Å². The Morgan fingerprint density at radius 3 is 2.39 bits per heavy atom. The molecule has 1 aliphatic rings. The zero-order chi connectivity index (χ0) is 22.0. The van der Waals surface area contributed by atoms with Crippen molar-refractivity contribution in [2.24, 2.45) is 0 Å². The van der Waals surface area contributed by atoms with E-state index >= 15 is 0 Å². The second kappa shape index (κ2) is 9.08. The van der Waals surface area contributed by atoms with E-state index in [0.717, 1.165) is 10.4 Å². The second-order valence-electron chi connectivity index (χ2n) is 7.16. The summed E-state index contributed by atoms with van der Waals surface area (Å²) in [6.45, 7) is 2.03. The molecule has 31 heavy (non-hydrogen) atoms. The molecular formula is C22H19Cl2FN4O2. The molecule has 1 fully saturated rings. The number of hydrogen-bond acceptors (Lipinski definition) is 4. The van der Waals surface area contributed by atoms with Crippen molar-refractivity contribution in [3.8, 4) is 11.3 Å². The lowest BCUT2D eigenvalue weighted by atomic mass is 10.1. The number of nitrogens with zero attached hydrogens (tertiary/aromatic N) is 4. The first-order valence-electron chi connectivity index (χ1n) is 9.73. The minimum absolute atomic E-state index is 0.161. The lowest BCUT2D eigenvalue weighted by molar-refractivity contribution is -0.132. The molecule has 0 bridgehead atoms. The summed E-state index contributed by atoms with van der Waals surface area (Å²) in [4.78, 5) is 28.8. The molecule has 0 N–H and O–H groups in total. The van der Waals surface area contributed by atoms with Crippen LogP contribution in [0, 0.1) is 5.82 Å². The Morgan fingerprint density at radius 1 is 0.968 bits per heavy atom. The van der Waals surface area contributed by atoms with E-state index in [4.69, 9.17) is 23.2 Å².